The molecule has 1 N–H and O–H groups in total. The van der Waals surface area contributed by atoms with E-state index < -0.39 is 39.9 Å². The van der Waals surface area contributed by atoms with Gasteiger partial charge in [0.25, 0.3) is 10.2 Å². The lowest BCUT2D eigenvalue weighted by atomic mass is 9.94. The molecule has 2 aromatic rings. The molecule has 2 aliphatic heterocycles. The molecule has 1 unspecified atom stereocenters. The van der Waals surface area contributed by atoms with Gasteiger partial charge in [-0.25, -0.2) is 4.39 Å². The van der Waals surface area contributed by atoms with E-state index in [0.29, 0.717) is 31.5 Å². The van der Waals surface area contributed by atoms with Crippen LogP contribution in [0.15, 0.2) is 48.5 Å². The molecule has 0 aromatic heterocycles. The topological polar surface area (TPSA) is 89.8 Å². The van der Waals surface area contributed by atoms with Crippen molar-refractivity contribution in [1.82, 2.24) is 13.9 Å². The Morgan fingerprint density at radius 1 is 0.974 bits per heavy atom. The van der Waals surface area contributed by atoms with Crippen LogP contribution in [0.25, 0.3) is 0 Å². The Morgan fingerprint density at radius 3 is 2.39 bits per heavy atom. The number of hydrogen-bond acceptors (Lipinski definition) is 4. The molecule has 0 radical (unpaired) electrons. The highest BCUT2D eigenvalue weighted by molar-refractivity contribution is 7.87. The number of carbonyl (C=O) groups excluding carboxylic acids is 2. The summed E-state index contributed by atoms with van der Waals surface area (Å²) in [6.07, 6.45) is 5.58. The SMILES string of the molecule is O=C(NC1CCCCC1)[C@@H](c1ccccc1Cl)N(C(=O)C1CCCN1S(=O)(=O)N1CC1)c1cccc(F)c1. The second-order valence-corrected chi connectivity index (χ2v) is 12.4. The smallest absolute Gasteiger partial charge is 0.282 e. The molecule has 8 nitrogen and oxygen atoms in total. The maximum Gasteiger partial charge on any atom is 0.282 e. The molecule has 204 valence electrons. The highest BCUT2D eigenvalue weighted by Gasteiger charge is 2.48. The van der Waals surface area contributed by atoms with Gasteiger partial charge in [0.1, 0.15) is 17.9 Å². The zero-order valence-corrected chi connectivity index (χ0v) is 22.6. The van der Waals surface area contributed by atoms with Crippen LogP contribution in [0.4, 0.5) is 10.1 Å². The average Bonchev–Trinajstić information content (AvgIpc) is 3.65. The zero-order chi connectivity index (χ0) is 26.9. The van der Waals surface area contributed by atoms with Crippen LogP contribution in [0, 0.1) is 5.82 Å². The predicted octanol–water partition coefficient (Wildman–Crippen LogP) is 4.03. The van der Waals surface area contributed by atoms with Crippen molar-refractivity contribution in [2.24, 2.45) is 0 Å². The van der Waals surface area contributed by atoms with E-state index in [1.54, 1.807) is 30.3 Å². The minimum absolute atomic E-state index is 0.0447. The van der Waals surface area contributed by atoms with Gasteiger partial charge in [0.15, 0.2) is 0 Å². The predicted molar refractivity (Wildman–Crippen MR) is 143 cm³/mol. The van der Waals surface area contributed by atoms with Gasteiger partial charge in [-0.2, -0.15) is 17.0 Å². The van der Waals surface area contributed by atoms with Crippen LogP contribution < -0.4 is 10.2 Å². The van der Waals surface area contributed by atoms with Crippen molar-refractivity contribution in [3.63, 3.8) is 0 Å². The van der Waals surface area contributed by atoms with Gasteiger partial charge in [0, 0.05) is 41.9 Å². The average molecular weight is 563 g/mol. The maximum atomic E-state index is 14.5. The van der Waals surface area contributed by atoms with Crippen molar-refractivity contribution < 1.29 is 22.4 Å². The van der Waals surface area contributed by atoms with E-state index in [-0.39, 0.29) is 23.3 Å². The fourth-order valence-electron chi connectivity index (χ4n) is 5.49. The van der Waals surface area contributed by atoms with E-state index in [4.69, 9.17) is 11.6 Å². The summed E-state index contributed by atoms with van der Waals surface area (Å²) in [6.45, 7) is 1.04. The van der Waals surface area contributed by atoms with Gasteiger partial charge in [0.05, 0.1) is 0 Å². The first-order valence-electron chi connectivity index (χ1n) is 13.2. The first-order valence-corrected chi connectivity index (χ1v) is 15.0. The quantitative estimate of drug-likeness (QED) is 0.492. The summed E-state index contributed by atoms with van der Waals surface area (Å²) in [4.78, 5) is 29.6. The molecule has 2 heterocycles. The molecule has 38 heavy (non-hydrogen) atoms. The van der Waals surface area contributed by atoms with E-state index in [1.165, 1.54) is 31.7 Å². The fraction of sp³-hybridized carbons (Fsp3) is 0.481. The normalized spacial score (nSPS) is 21.7. The van der Waals surface area contributed by atoms with Crippen molar-refractivity contribution >= 4 is 39.3 Å². The lowest BCUT2D eigenvalue weighted by molar-refractivity contribution is -0.128. The fourth-order valence-corrected chi connectivity index (χ4v) is 7.45. The second kappa shape index (κ2) is 11.3. The van der Waals surface area contributed by atoms with Crippen molar-refractivity contribution in [3.8, 4) is 0 Å². The number of hydrogen-bond donors (Lipinski definition) is 1. The number of carbonyl (C=O) groups is 2. The molecule has 3 aliphatic rings. The Bertz CT molecular complexity index is 1300. The molecule has 3 fully saturated rings. The molecule has 0 spiro atoms. The lowest BCUT2D eigenvalue weighted by Gasteiger charge is -2.36. The molecule has 5 rings (SSSR count). The molecule has 2 atom stereocenters. The Hall–Kier alpha value is -2.53. The Labute approximate surface area is 227 Å². The summed E-state index contributed by atoms with van der Waals surface area (Å²) < 4.78 is 43.3. The lowest BCUT2D eigenvalue weighted by Crippen LogP contribution is -2.53. The summed E-state index contributed by atoms with van der Waals surface area (Å²) in [7, 11) is -3.81. The summed E-state index contributed by atoms with van der Waals surface area (Å²) in [5, 5.41) is 3.38. The maximum absolute atomic E-state index is 14.5. The van der Waals surface area contributed by atoms with Gasteiger partial charge < -0.3 is 5.32 Å². The number of rotatable bonds is 8. The molecule has 2 aromatic carbocycles. The molecular weight excluding hydrogens is 531 g/mol. The highest BCUT2D eigenvalue weighted by Crippen LogP contribution is 2.36. The van der Waals surface area contributed by atoms with Gasteiger partial charge in [-0.15, -0.1) is 0 Å². The Balaban J connectivity index is 1.58. The van der Waals surface area contributed by atoms with Gasteiger partial charge >= 0.3 is 0 Å². The zero-order valence-electron chi connectivity index (χ0n) is 21.1. The number of halogens is 2. The number of nitrogens with zero attached hydrogens (tertiary/aromatic N) is 3. The third-order valence-corrected chi connectivity index (χ3v) is 9.89. The molecule has 11 heteroatoms. The molecular formula is C27H32ClFN4O4S. The third kappa shape index (κ3) is 5.59. The number of amides is 2. The molecule has 1 aliphatic carbocycles. The minimum Gasteiger partial charge on any atom is -0.351 e. The van der Waals surface area contributed by atoms with E-state index in [0.717, 1.165) is 32.1 Å². The van der Waals surface area contributed by atoms with E-state index >= 15 is 0 Å². The van der Waals surface area contributed by atoms with Crippen LogP contribution in [-0.4, -0.2) is 60.6 Å². The molecule has 2 amide bonds. The number of nitrogens with one attached hydrogen (secondary N) is 1. The van der Waals surface area contributed by atoms with Crippen molar-refractivity contribution in [2.45, 2.75) is 63.1 Å². The van der Waals surface area contributed by atoms with Gasteiger partial charge in [0.2, 0.25) is 11.8 Å². The number of benzene rings is 2. The van der Waals surface area contributed by atoms with Crippen molar-refractivity contribution in [3.05, 3.63) is 64.9 Å². The van der Waals surface area contributed by atoms with E-state index in [9.17, 15) is 22.4 Å². The van der Waals surface area contributed by atoms with Crippen molar-refractivity contribution in [1.29, 1.82) is 0 Å². The first kappa shape index (κ1) is 27.1. The third-order valence-electron chi connectivity index (χ3n) is 7.50. The van der Waals surface area contributed by atoms with Gasteiger partial charge in [-0.3, -0.25) is 14.5 Å². The summed E-state index contributed by atoms with van der Waals surface area (Å²) >= 11 is 6.58. The van der Waals surface area contributed by atoms with Gasteiger partial charge in [-0.1, -0.05) is 55.1 Å². The standard InChI is InChI=1S/C27H32ClFN4O4S/c28-23-13-5-4-12-22(23)25(26(34)30-20-9-2-1-3-10-20)33(21-11-6-8-19(29)18-21)27(35)24-14-7-15-32(24)38(36,37)31-16-17-31/h4-6,8,11-13,18,20,24-25H,1-3,7,9-10,14-17H2,(H,30,34)/t24?,25-/m1/s1. The second-order valence-electron chi connectivity index (χ2n) is 10.1. The largest absolute Gasteiger partial charge is 0.351 e. The first-order chi connectivity index (χ1) is 18.3. The molecule has 2 saturated heterocycles. The van der Waals surface area contributed by atoms with Gasteiger partial charge in [-0.05, 0) is 49.9 Å². The van der Waals surface area contributed by atoms with Crippen LogP contribution in [0.1, 0.15) is 56.6 Å². The molecule has 1 saturated carbocycles. The van der Waals surface area contributed by atoms with E-state index in [2.05, 4.69) is 5.32 Å². The monoisotopic (exact) mass is 562 g/mol. The van der Waals surface area contributed by atoms with Crippen LogP contribution in [0.3, 0.4) is 0 Å². The molecule has 0 bridgehead atoms. The van der Waals surface area contributed by atoms with Crippen LogP contribution in [0.2, 0.25) is 5.02 Å². The van der Waals surface area contributed by atoms with Crippen LogP contribution in [-0.2, 0) is 19.8 Å². The Morgan fingerprint density at radius 2 is 1.71 bits per heavy atom. The minimum atomic E-state index is -3.81. The summed E-state index contributed by atoms with van der Waals surface area (Å²) in [5.41, 5.74) is 0.549. The van der Waals surface area contributed by atoms with Crippen molar-refractivity contribution in [2.75, 3.05) is 24.5 Å². The summed E-state index contributed by atoms with van der Waals surface area (Å²) in [6, 6.07) is 9.95. The summed E-state index contributed by atoms with van der Waals surface area (Å²) in [5.74, 6) is -1.59. The van der Waals surface area contributed by atoms with E-state index in [1.807, 2.05) is 0 Å². The van der Waals surface area contributed by atoms with Crippen LogP contribution >= 0.6 is 11.6 Å². The number of anilines is 1. The highest BCUT2D eigenvalue weighted by atomic mass is 35.5. The Kier molecular flexibility index (Phi) is 8.04. The van der Waals surface area contributed by atoms with Crippen LogP contribution in [0.5, 0.6) is 0 Å².